The molecule has 0 aliphatic rings. The maximum absolute atomic E-state index is 12.7. The summed E-state index contributed by atoms with van der Waals surface area (Å²) >= 11 is 0. The summed E-state index contributed by atoms with van der Waals surface area (Å²) < 4.78 is 21.9. The second kappa shape index (κ2) is 36.3. The molecule has 0 aliphatic carbocycles. The Balaban J connectivity index is 4.18. The number of allylic oxidation sites excluding steroid dienone is 3. The first-order chi connectivity index (χ1) is 24.3. The predicted octanol–water partition coefficient (Wildman–Crippen LogP) is 9.97. The fourth-order valence-corrected chi connectivity index (χ4v) is 6.69. The highest BCUT2D eigenvalue weighted by atomic mass is 31.2. The number of carbonyl (C=O) groups is 1. The molecule has 0 saturated carbocycles. The Morgan fingerprint density at radius 1 is 0.680 bits per heavy atom. The summed E-state index contributed by atoms with van der Waals surface area (Å²) in [5.41, 5.74) is 5.34. The van der Waals surface area contributed by atoms with Crippen LogP contribution in [-0.2, 0) is 18.4 Å². The number of aliphatic hydroxyl groups is 2. The Bertz CT molecular complexity index is 858. The summed E-state index contributed by atoms with van der Waals surface area (Å²) in [5, 5.41) is 23.9. The van der Waals surface area contributed by atoms with Gasteiger partial charge >= 0.3 is 7.82 Å². The standard InChI is InChI=1S/C40H79N2O7P/c1-3-5-7-9-11-13-14-15-16-17-18-19-20-21-22-23-24-25-27-29-31-37(43)35-40(45)42-38(36-49-50(46,47)48-34-33-41)39(44)32-30-28-26-12-10-8-6-4-2/h20-21,30,32,37-39,43-44H,3-19,22-29,31,33-36,41H2,1-2H3,(H,42,45)(H,46,47)/b21-20-,32-30+. The summed E-state index contributed by atoms with van der Waals surface area (Å²) in [7, 11) is -4.39. The summed E-state index contributed by atoms with van der Waals surface area (Å²) in [6, 6.07) is -0.980. The Hall–Kier alpha value is -1.06. The van der Waals surface area contributed by atoms with Gasteiger partial charge in [-0.05, 0) is 44.9 Å². The topological polar surface area (TPSA) is 151 Å². The highest BCUT2D eigenvalue weighted by Crippen LogP contribution is 2.43. The van der Waals surface area contributed by atoms with Crippen LogP contribution in [0.4, 0.5) is 0 Å². The number of rotatable bonds is 38. The number of carbonyl (C=O) groups excluding carboxylic acids is 1. The molecule has 0 aromatic carbocycles. The van der Waals surface area contributed by atoms with E-state index in [2.05, 4.69) is 31.3 Å². The molecule has 1 amide bonds. The van der Waals surface area contributed by atoms with Crippen molar-refractivity contribution in [3.05, 3.63) is 24.3 Å². The van der Waals surface area contributed by atoms with Crippen LogP contribution in [0.5, 0.6) is 0 Å². The number of nitrogens with one attached hydrogen (secondary N) is 1. The van der Waals surface area contributed by atoms with Crippen molar-refractivity contribution in [1.82, 2.24) is 5.32 Å². The van der Waals surface area contributed by atoms with Gasteiger partial charge in [0.15, 0.2) is 0 Å². The molecular weight excluding hydrogens is 651 g/mol. The normalized spacial score (nSPS) is 15.1. The molecule has 0 aromatic rings. The Morgan fingerprint density at radius 3 is 1.60 bits per heavy atom. The van der Waals surface area contributed by atoms with Gasteiger partial charge in [-0.25, -0.2) is 4.57 Å². The smallest absolute Gasteiger partial charge is 0.393 e. The van der Waals surface area contributed by atoms with E-state index >= 15 is 0 Å². The van der Waals surface area contributed by atoms with Gasteiger partial charge in [-0.15, -0.1) is 0 Å². The number of hydrogen-bond acceptors (Lipinski definition) is 7. The fraction of sp³-hybridized carbons (Fsp3) is 0.875. The number of amides is 1. The van der Waals surface area contributed by atoms with Crippen molar-refractivity contribution in [2.75, 3.05) is 19.8 Å². The maximum atomic E-state index is 12.7. The summed E-state index contributed by atoms with van der Waals surface area (Å²) in [4.78, 5) is 22.6. The highest BCUT2D eigenvalue weighted by molar-refractivity contribution is 7.47. The lowest BCUT2D eigenvalue weighted by Crippen LogP contribution is -2.46. The average molecular weight is 731 g/mol. The van der Waals surface area contributed by atoms with Crippen molar-refractivity contribution < 1.29 is 33.5 Å². The number of aliphatic hydroxyl groups excluding tert-OH is 2. The molecule has 0 rings (SSSR count). The number of nitrogens with two attached hydrogens (primary N) is 1. The molecule has 0 spiro atoms. The first kappa shape index (κ1) is 48.9. The van der Waals surface area contributed by atoms with E-state index in [1.165, 1.54) is 109 Å². The van der Waals surface area contributed by atoms with Crippen molar-refractivity contribution in [3.63, 3.8) is 0 Å². The largest absolute Gasteiger partial charge is 0.472 e. The van der Waals surface area contributed by atoms with Crippen molar-refractivity contribution in [1.29, 1.82) is 0 Å². The van der Waals surface area contributed by atoms with Crippen molar-refractivity contribution in [2.45, 2.75) is 205 Å². The molecule has 0 aromatic heterocycles. The third-order valence-electron chi connectivity index (χ3n) is 9.08. The minimum absolute atomic E-state index is 0.0483. The molecular formula is C40H79N2O7P. The quantitative estimate of drug-likeness (QED) is 0.0239. The zero-order valence-electron chi connectivity index (χ0n) is 32.3. The lowest BCUT2D eigenvalue weighted by molar-refractivity contribution is -0.124. The number of phosphoric acid groups is 1. The molecule has 4 unspecified atom stereocenters. The van der Waals surface area contributed by atoms with E-state index < -0.39 is 38.6 Å². The minimum atomic E-state index is -4.39. The summed E-state index contributed by atoms with van der Waals surface area (Å²) in [6.45, 7) is 3.91. The summed E-state index contributed by atoms with van der Waals surface area (Å²) in [6.07, 6.45) is 37.1. The third kappa shape index (κ3) is 34.0. The van der Waals surface area contributed by atoms with Gasteiger partial charge in [0.05, 0.1) is 37.9 Å². The van der Waals surface area contributed by atoms with Crippen LogP contribution in [0.2, 0.25) is 0 Å². The van der Waals surface area contributed by atoms with E-state index in [9.17, 15) is 24.5 Å². The van der Waals surface area contributed by atoms with E-state index in [1.54, 1.807) is 6.08 Å². The van der Waals surface area contributed by atoms with Gasteiger partial charge in [0.1, 0.15) is 0 Å². The first-order valence-corrected chi connectivity index (χ1v) is 22.0. The predicted molar refractivity (Wildman–Crippen MR) is 209 cm³/mol. The third-order valence-corrected chi connectivity index (χ3v) is 10.1. The van der Waals surface area contributed by atoms with E-state index in [1.807, 2.05) is 6.08 Å². The molecule has 296 valence electrons. The van der Waals surface area contributed by atoms with Crippen molar-refractivity contribution >= 4 is 13.7 Å². The lowest BCUT2D eigenvalue weighted by Gasteiger charge is -2.24. The van der Waals surface area contributed by atoms with Gasteiger partial charge in [0.2, 0.25) is 5.91 Å². The zero-order valence-corrected chi connectivity index (χ0v) is 33.1. The number of hydrogen-bond donors (Lipinski definition) is 5. The fourth-order valence-electron chi connectivity index (χ4n) is 5.93. The maximum Gasteiger partial charge on any atom is 0.472 e. The van der Waals surface area contributed by atoms with E-state index in [4.69, 9.17) is 14.8 Å². The van der Waals surface area contributed by atoms with Crippen LogP contribution in [0.25, 0.3) is 0 Å². The molecule has 0 fully saturated rings. The molecule has 9 nitrogen and oxygen atoms in total. The van der Waals surface area contributed by atoms with E-state index in [0.717, 1.165) is 51.4 Å². The zero-order chi connectivity index (χ0) is 37.0. The molecule has 0 bridgehead atoms. The van der Waals surface area contributed by atoms with Crippen LogP contribution in [0.3, 0.4) is 0 Å². The van der Waals surface area contributed by atoms with Crippen molar-refractivity contribution in [2.24, 2.45) is 5.73 Å². The lowest BCUT2D eigenvalue weighted by atomic mass is 10.0. The molecule has 10 heteroatoms. The molecule has 0 aliphatic heterocycles. The van der Waals surface area contributed by atoms with Gasteiger partial charge in [-0.3, -0.25) is 13.8 Å². The highest BCUT2D eigenvalue weighted by Gasteiger charge is 2.27. The second-order valence-electron chi connectivity index (χ2n) is 14.0. The van der Waals surface area contributed by atoms with Crippen LogP contribution in [0.1, 0.15) is 187 Å². The SMILES string of the molecule is CCCCCCCC/C=C/C(O)C(COP(=O)(O)OCCN)NC(=O)CC(O)CCCCCCC/C=C\CCCCCCCCCCCCC. The molecule has 6 N–H and O–H groups in total. The van der Waals surface area contributed by atoms with E-state index in [0.29, 0.717) is 6.42 Å². The molecule has 0 saturated heterocycles. The molecule has 4 atom stereocenters. The second-order valence-corrected chi connectivity index (χ2v) is 15.5. The van der Waals surface area contributed by atoms with Gasteiger partial charge in [0, 0.05) is 6.54 Å². The van der Waals surface area contributed by atoms with E-state index in [-0.39, 0.29) is 19.6 Å². The van der Waals surface area contributed by atoms with Gasteiger partial charge in [-0.2, -0.15) is 0 Å². The van der Waals surface area contributed by atoms with Crippen LogP contribution < -0.4 is 11.1 Å². The minimum Gasteiger partial charge on any atom is -0.393 e. The van der Waals surface area contributed by atoms with Crippen LogP contribution in [-0.4, -0.2) is 59.0 Å². The monoisotopic (exact) mass is 731 g/mol. The molecule has 0 radical (unpaired) electrons. The van der Waals surface area contributed by atoms with Crippen molar-refractivity contribution in [3.8, 4) is 0 Å². The average Bonchev–Trinajstić information content (AvgIpc) is 3.09. The Morgan fingerprint density at radius 2 is 1.12 bits per heavy atom. The van der Waals surface area contributed by atoms with Gasteiger partial charge < -0.3 is 26.2 Å². The summed E-state index contributed by atoms with van der Waals surface area (Å²) in [5.74, 6) is -0.454. The Kier molecular flexibility index (Phi) is 35.5. The van der Waals surface area contributed by atoms with Crippen LogP contribution in [0, 0.1) is 0 Å². The number of phosphoric ester groups is 1. The molecule has 0 heterocycles. The van der Waals surface area contributed by atoms with Gasteiger partial charge in [-0.1, -0.05) is 160 Å². The Labute approximate surface area is 307 Å². The van der Waals surface area contributed by atoms with Crippen LogP contribution >= 0.6 is 7.82 Å². The molecule has 50 heavy (non-hydrogen) atoms. The number of unbranched alkanes of at least 4 members (excludes halogenated alkanes) is 22. The first-order valence-electron chi connectivity index (χ1n) is 20.5. The van der Waals surface area contributed by atoms with Crippen LogP contribution in [0.15, 0.2) is 24.3 Å². The van der Waals surface area contributed by atoms with Gasteiger partial charge in [0.25, 0.3) is 0 Å².